The van der Waals surface area contributed by atoms with Gasteiger partial charge in [-0.1, -0.05) is 17.7 Å². The number of hydrogen-bond donors (Lipinski definition) is 0. The zero-order valence-electron chi connectivity index (χ0n) is 7.12. The van der Waals surface area contributed by atoms with E-state index in [-0.39, 0.29) is 0 Å². The van der Waals surface area contributed by atoms with E-state index in [4.69, 9.17) is 11.6 Å². The third kappa shape index (κ3) is 3.05. The molecular weight excluding hydrogens is 192 g/mol. The van der Waals surface area contributed by atoms with Gasteiger partial charge in [0.25, 0.3) is 0 Å². The van der Waals surface area contributed by atoms with Crippen LogP contribution in [0.3, 0.4) is 0 Å². The second-order valence-corrected chi connectivity index (χ2v) is 2.72. The SMILES string of the molecule is CCOOC(=O)c1cccc(Cl)c1. The summed E-state index contributed by atoms with van der Waals surface area (Å²) in [4.78, 5) is 20.1. The normalized spacial score (nSPS) is 9.69. The molecule has 0 heterocycles. The van der Waals surface area contributed by atoms with Crippen LogP contribution in [0.1, 0.15) is 17.3 Å². The predicted octanol–water partition coefficient (Wildman–Crippen LogP) is 2.45. The van der Waals surface area contributed by atoms with Gasteiger partial charge >= 0.3 is 5.97 Å². The van der Waals surface area contributed by atoms with Crippen LogP contribution in [-0.4, -0.2) is 12.6 Å². The van der Waals surface area contributed by atoms with Crippen molar-refractivity contribution < 1.29 is 14.6 Å². The van der Waals surface area contributed by atoms with Gasteiger partial charge in [-0.3, -0.25) is 4.89 Å². The fraction of sp³-hybridized carbons (Fsp3) is 0.222. The average molecular weight is 201 g/mol. The van der Waals surface area contributed by atoms with Crippen molar-refractivity contribution in [3.8, 4) is 0 Å². The predicted molar refractivity (Wildman–Crippen MR) is 48.5 cm³/mol. The molecule has 0 amide bonds. The summed E-state index contributed by atoms with van der Waals surface area (Å²) in [6.07, 6.45) is 0. The first-order valence-electron chi connectivity index (χ1n) is 3.83. The quantitative estimate of drug-likeness (QED) is 0.555. The maximum Gasteiger partial charge on any atom is 0.373 e. The molecule has 0 aliphatic carbocycles. The highest BCUT2D eigenvalue weighted by molar-refractivity contribution is 6.30. The third-order valence-corrected chi connectivity index (χ3v) is 1.55. The topological polar surface area (TPSA) is 35.5 Å². The van der Waals surface area contributed by atoms with Gasteiger partial charge < -0.3 is 0 Å². The van der Waals surface area contributed by atoms with Crippen molar-refractivity contribution in [2.75, 3.05) is 6.61 Å². The molecule has 0 radical (unpaired) electrons. The zero-order valence-corrected chi connectivity index (χ0v) is 7.88. The molecule has 0 N–H and O–H groups in total. The molecule has 0 atom stereocenters. The molecule has 3 nitrogen and oxygen atoms in total. The second kappa shape index (κ2) is 4.84. The van der Waals surface area contributed by atoms with Crippen molar-refractivity contribution >= 4 is 17.6 Å². The molecule has 70 valence electrons. The van der Waals surface area contributed by atoms with Gasteiger partial charge in [-0.05, 0) is 25.1 Å². The van der Waals surface area contributed by atoms with E-state index < -0.39 is 5.97 Å². The molecule has 0 unspecified atom stereocenters. The van der Waals surface area contributed by atoms with E-state index in [0.717, 1.165) is 0 Å². The van der Waals surface area contributed by atoms with Crippen molar-refractivity contribution in [3.05, 3.63) is 34.9 Å². The number of rotatable bonds is 3. The first-order valence-corrected chi connectivity index (χ1v) is 4.21. The molecule has 0 aliphatic heterocycles. The number of halogens is 1. The molecule has 0 spiro atoms. The van der Waals surface area contributed by atoms with Gasteiger partial charge in [0.15, 0.2) is 0 Å². The van der Waals surface area contributed by atoms with Crippen molar-refractivity contribution in [2.45, 2.75) is 6.92 Å². The maximum absolute atomic E-state index is 11.1. The van der Waals surface area contributed by atoms with E-state index in [1.165, 1.54) is 6.07 Å². The molecule has 1 aromatic rings. The van der Waals surface area contributed by atoms with Crippen LogP contribution in [0.25, 0.3) is 0 Å². The smallest absolute Gasteiger partial charge is 0.293 e. The van der Waals surface area contributed by atoms with Crippen molar-refractivity contribution in [1.82, 2.24) is 0 Å². The van der Waals surface area contributed by atoms with Crippen LogP contribution in [0.2, 0.25) is 5.02 Å². The maximum atomic E-state index is 11.1. The minimum absolute atomic E-state index is 0.326. The van der Waals surface area contributed by atoms with E-state index in [1.54, 1.807) is 25.1 Å². The molecule has 0 saturated carbocycles. The minimum Gasteiger partial charge on any atom is -0.293 e. The van der Waals surface area contributed by atoms with Crippen LogP contribution in [0.5, 0.6) is 0 Å². The molecule has 1 aromatic carbocycles. The fourth-order valence-electron chi connectivity index (χ4n) is 0.776. The van der Waals surface area contributed by atoms with E-state index in [1.807, 2.05) is 0 Å². The molecular formula is C9H9ClO3. The molecule has 0 saturated heterocycles. The second-order valence-electron chi connectivity index (χ2n) is 2.29. The van der Waals surface area contributed by atoms with Gasteiger partial charge in [-0.2, -0.15) is 4.89 Å². The molecule has 0 fully saturated rings. The molecule has 4 heteroatoms. The zero-order chi connectivity index (χ0) is 9.68. The summed E-state index contributed by atoms with van der Waals surface area (Å²) >= 11 is 5.67. The number of carbonyl (C=O) groups excluding carboxylic acids is 1. The first kappa shape index (κ1) is 10.0. The van der Waals surface area contributed by atoms with Gasteiger partial charge in [0.05, 0.1) is 12.2 Å². The number of benzene rings is 1. The van der Waals surface area contributed by atoms with Crippen LogP contribution in [0.4, 0.5) is 0 Å². The van der Waals surface area contributed by atoms with Crippen molar-refractivity contribution in [3.63, 3.8) is 0 Å². The lowest BCUT2D eigenvalue weighted by molar-refractivity contribution is -0.236. The molecule has 1 rings (SSSR count). The Bertz CT molecular complexity index is 299. The minimum atomic E-state index is -0.538. The van der Waals surface area contributed by atoms with Gasteiger partial charge in [0, 0.05) is 5.02 Å². The lowest BCUT2D eigenvalue weighted by atomic mass is 10.2. The summed E-state index contributed by atoms with van der Waals surface area (Å²) in [6.45, 7) is 2.05. The third-order valence-electron chi connectivity index (χ3n) is 1.31. The van der Waals surface area contributed by atoms with Crippen LogP contribution in [0, 0.1) is 0 Å². The Balaban J connectivity index is 2.66. The van der Waals surface area contributed by atoms with E-state index >= 15 is 0 Å². The van der Waals surface area contributed by atoms with Crippen LogP contribution in [0.15, 0.2) is 24.3 Å². The first-order chi connectivity index (χ1) is 6.24. The van der Waals surface area contributed by atoms with Crippen LogP contribution < -0.4 is 0 Å². The average Bonchev–Trinajstić information content (AvgIpc) is 2.14. The summed E-state index contributed by atoms with van der Waals surface area (Å²) in [5.41, 5.74) is 0.376. The van der Waals surface area contributed by atoms with E-state index in [2.05, 4.69) is 9.78 Å². The van der Waals surface area contributed by atoms with Gasteiger partial charge in [-0.15, -0.1) is 0 Å². The highest BCUT2D eigenvalue weighted by Gasteiger charge is 2.07. The van der Waals surface area contributed by atoms with Gasteiger partial charge in [0.1, 0.15) is 0 Å². The molecule has 13 heavy (non-hydrogen) atoms. The summed E-state index contributed by atoms with van der Waals surface area (Å²) in [5.74, 6) is -0.538. The van der Waals surface area contributed by atoms with Crippen molar-refractivity contribution in [2.24, 2.45) is 0 Å². The van der Waals surface area contributed by atoms with Crippen LogP contribution >= 0.6 is 11.6 Å². The summed E-state index contributed by atoms with van der Waals surface area (Å²) < 4.78 is 0. The monoisotopic (exact) mass is 200 g/mol. The molecule has 0 aromatic heterocycles. The highest BCUT2D eigenvalue weighted by Crippen LogP contribution is 2.11. The Morgan fingerprint density at radius 1 is 1.54 bits per heavy atom. The lowest BCUT2D eigenvalue weighted by Gasteiger charge is -2.00. The Labute approximate surface area is 81.1 Å². The Morgan fingerprint density at radius 2 is 2.31 bits per heavy atom. The largest absolute Gasteiger partial charge is 0.373 e. The summed E-state index contributed by atoms with van der Waals surface area (Å²) in [7, 11) is 0. The van der Waals surface area contributed by atoms with Gasteiger partial charge in [0.2, 0.25) is 0 Å². The standard InChI is InChI=1S/C9H9ClO3/c1-2-12-13-9(11)7-4-3-5-8(10)6-7/h3-6H,2H2,1H3. The summed E-state index contributed by atoms with van der Waals surface area (Å²) in [6, 6.07) is 6.47. The Hall–Kier alpha value is -1.06. The number of carbonyl (C=O) groups is 1. The van der Waals surface area contributed by atoms with E-state index in [9.17, 15) is 4.79 Å². The fourth-order valence-corrected chi connectivity index (χ4v) is 0.966. The molecule has 0 aliphatic rings. The summed E-state index contributed by atoms with van der Waals surface area (Å²) in [5, 5.41) is 0.492. The van der Waals surface area contributed by atoms with E-state index in [0.29, 0.717) is 17.2 Å². The highest BCUT2D eigenvalue weighted by atomic mass is 35.5. The van der Waals surface area contributed by atoms with Crippen molar-refractivity contribution in [1.29, 1.82) is 0 Å². The van der Waals surface area contributed by atoms with Gasteiger partial charge in [-0.25, -0.2) is 4.79 Å². The molecule has 0 bridgehead atoms. The number of hydrogen-bond acceptors (Lipinski definition) is 3. The van der Waals surface area contributed by atoms with Crippen LogP contribution in [-0.2, 0) is 9.78 Å². The Morgan fingerprint density at radius 3 is 2.92 bits per heavy atom. The lowest BCUT2D eigenvalue weighted by Crippen LogP contribution is -2.05. The Kier molecular flexibility index (Phi) is 3.73.